The number of nitrogens with one attached hydrogen (secondary N) is 1. The zero-order valence-corrected chi connectivity index (χ0v) is 13.5. The average Bonchev–Trinajstić information content (AvgIpc) is 3.05. The molecule has 24 heavy (non-hydrogen) atoms. The van der Waals surface area contributed by atoms with Gasteiger partial charge in [0.2, 0.25) is 0 Å². The van der Waals surface area contributed by atoms with E-state index in [9.17, 15) is 14.4 Å². The highest BCUT2D eigenvalue weighted by Crippen LogP contribution is 2.43. The highest BCUT2D eigenvalue weighted by molar-refractivity contribution is 6.09. The van der Waals surface area contributed by atoms with Crippen molar-refractivity contribution in [3.63, 3.8) is 0 Å². The molecule has 0 radical (unpaired) electrons. The number of urea groups is 1. The Balaban J connectivity index is 1.85. The third-order valence-corrected chi connectivity index (χ3v) is 5.06. The monoisotopic (exact) mass is 327 g/mol. The van der Waals surface area contributed by atoms with Crippen molar-refractivity contribution in [2.75, 3.05) is 20.2 Å². The number of nitrogens with zero attached hydrogens (tertiary/aromatic N) is 2. The molecule has 1 aromatic heterocycles. The zero-order valence-electron chi connectivity index (χ0n) is 13.5. The van der Waals surface area contributed by atoms with Crippen molar-refractivity contribution in [1.29, 1.82) is 0 Å². The molecule has 3 amide bonds. The lowest BCUT2D eigenvalue weighted by Crippen LogP contribution is -2.49. The number of esters is 1. The van der Waals surface area contributed by atoms with Gasteiger partial charge >= 0.3 is 12.0 Å². The number of H-pyrrole nitrogens is 1. The van der Waals surface area contributed by atoms with Crippen molar-refractivity contribution in [1.82, 2.24) is 14.8 Å². The number of amides is 3. The number of carbonyl (C=O) groups excluding carboxylic acids is 3. The van der Waals surface area contributed by atoms with Crippen molar-refractivity contribution in [3.8, 4) is 0 Å². The molecule has 3 heterocycles. The van der Waals surface area contributed by atoms with E-state index in [0.717, 1.165) is 27.1 Å². The predicted octanol–water partition coefficient (Wildman–Crippen LogP) is 1.38. The van der Waals surface area contributed by atoms with E-state index < -0.39 is 23.4 Å². The van der Waals surface area contributed by atoms with E-state index in [1.165, 1.54) is 12.0 Å². The Morgan fingerprint density at radius 1 is 1.33 bits per heavy atom. The summed E-state index contributed by atoms with van der Waals surface area (Å²) in [6.45, 7) is 1.81. The Labute approximate surface area is 138 Å². The molecule has 1 atom stereocenters. The molecule has 0 aliphatic carbocycles. The number of carbonyl (C=O) groups is 3. The van der Waals surface area contributed by atoms with Crippen LogP contribution in [-0.2, 0) is 26.3 Å². The minimum atomic E-state index is -1.11. The Kier molecular flexibility index (Phi) is 2.97. The fourth-order valence-corrected chi connectivity index (χ4v) is 3.80. The summed E-state index contributed by atoms with van der Waals surface area (Å²) in [4.78, 5) is 43.0. The number of benzene rings is 1. The molecule has 1 N–H and O–H groups in total. The second-order valence-electron chi connectivity index (χ2n) is 6.25. The number of aromatic amines is 1. The van der Waals surface area contributed by atoms with Gasteiger partial charge in [-0.2, -0.15) is 0 Å². The lowest BCUT2D eigenvalue weighted by atomic mass is 9.87. The quantitative estimate of drug-likeness (QED) is 0.667. The second kappa shape index (κ2) is 4.83. The van der Waals surface area contributed by atoms with Crippen LogP contribution < -0.4 is 0 Å². The Morgan fingerprint density at radius 2 is 2.08 bits per heavy atom. The number of hydrogen-bond acceptors (Lipinski definition) is 4. The van der Waals surface area contributed by atoms with Crippen LogP contribution in [0.1, 0.15) is 18.2 Å². The molecule has 0 unspecified atom stereocenters. The van der Waals surface area contributed by atoms with Gasteiger partial charge in [-0.1, -0.05) is 18.2 Å². The van der Waals surface area contributed by atoms with Gasteiger partial charge in [0.15, 0.2) is 5.54 Å². The van der Waals surface area contributed by atoms with Crippen LogP contribution in [0.5, 0.6) is 0 Å². The minimum Gasteiger partial charge on any atom is -0.468 e. The SMILES string of the molecule is COC(=O)CN1C(=O)N2CCc3c([nH]c4ccccc34)[C@]2(C)C1=O. The standard InChI is InChI=1S/C17H17N3O4/c1-17-14-11(10-5-3-4-6-12(10)18-14)7-8-20(17)16(23)19(15(17)22)9-13(21)24-2/h3-6,18H,7-9H2,1-2H3/t17-/m1/s1. The summed E-state index contributed by atoms with van der Waals surface area (Å²) in [5, 5.41) is 1.07. The number of hydrogen-bond donors (Lipinski definition) is 1. The van der Waals surface area contributed by atoms with Gasteiger partial charge in [-0.15, -0.1) is 0 Å². The lowest BCUT2D eigenvalue weighted by molar-refractivity contribution is -0.145. The van der Waals surface area contributed by atoms with Crippen LogP contribution in [0, 0.1) is 0 Å². The molecule has 124 valence electrons. The van der Waals surface area contributed by atoms with Crippen molar-refractivity contribution in [2.24, 2.45) is 0 Å². The van der Waals surface area contributed by atoms with E-state index in [1.807, 2.05) is 24.3 Å². The van der Waals surface area contributed by atoms with Gasteiger partial charge in [-0.05, 0) is 25.0 Å². The third-order valence-electron chi connectivity index (χ3n) is 5.06. The third kappa shape index (κ3) is 1.69. The van der Waals surface area contributed by atoms with Gasteiger partial charge in [0, 0.05) is 17.4 Å². The van der Waals surface area contributed by atoms with Crippen molar-refractivity contribution in [2.45, 2.75) is 18.9 Å². The first-order valence-corrected chi connectivity index (χ1v) is 7.79. The van der Waals surface area contributed by atoms with Crippen LogP contribution in [0.3, 0.4) is 0 Å². The van der Waals surface area contributed by atoms with Crippen LogP contribution in [0.15, 0.2) is 24.3 Å². The van der Waals surface area contributed by atoms with E-state index in [4.69, 9.17) is 0 Å². The maximum absolute atomic E-state index is 13.0. The molecule has 2 aromatic rings. The van der Waals surface area contributed by atoms with E-state index in [1.54, 1.807) is 6.92 Å². The normalized spacial score (nSPS) is 22.8. The maximum Gasteiger partial charge on any atom is 0.328 e. The molecule has 0 bridgehead atoms. The van der Waals surface area contributed by atoms with Crippen molar-refractivity contribution >= 4 is 28.8 Å². The van der Waals surface area contributed by atoms with Crippen LogP contribution in [-0.4, -0.2) is 52.9 Å². The molecule has 1 fully saturated rings. The molecule has 0 spiro atoms. The Bertz CT molecular complexity index is 887. The van der Waals surface area contributed by atoms with Crippen LogP contribution in [0.25, 0.3) is 10.9 Å². The van der Waals surface area contributed by atoms with Crippen LogP contribution in [0.4, 0.5) is 4.79 Å². The van der Waals surface area contributed by atoms with Gasteiger partial charge in [-0.3, -0.25) is 14.5 Å². The largest absolute Gasteiger partial charge is 0.468 e. The number of methoxy groups -OCH3 is 1. The van der Waals surface area contributed by atoms with Gasteiger partial charge in [0.05, 0.1) is 12.8 Å². The minimum absolute atomic E-state index is 0.365. The number of fused-ring (bicyclic) bond motifs is 5. The molecule has 2 aliphatic rings. The summed E-state index contributed by atoms with van der Waals surface area (Å²) in [6, 6.07) is 7.40. The van der Waals surface area contributed by atoms with E-state index in [-0.39, 0.29) is 6.54 Å². The summed E-state index contributed by atoms with van der Waals surface area (Å²) in [5.41, 5.74) is 1.63. The van der Waals surface area contributed by atoms with E-state index in [2.05, 4.69) is 9.72 Å². The molecular weight excluding hydrogens is 310 g/mol. The maximum atomic E-state index is 13.0. The molecular formula is C17H17N3O4. The first-order valence-electron chi connectivity index (χ1n) is 7.79. The first-order chi connectivity index (χ1) is 11.5. The zero-order chi connectivity index (χ0) is 17.1. The summed E-state index contributed by atoms with van der Waals surface area (Å²) in [7, 11) is 1.23. The number of rotatable bonds is 2. The highest BCUT2D eigenvalue weighted by Gasteiger charge is 2.58. The second-order valence-corrected chi connectivity index (χ2v) is 6.25. The van der Waals surface area contributed by atoms with Gasteiger partial charge in [0.25, 0.3) is 5.91 Å². The van der Waals surface area contributed by atoms with Crippen LogP contribution in [0.2, 0.25) is 0 Å². The fraction of sp³-hybridized carbons (Fsp3) is 0.353. The first kappa shape index (κ1) is 14.7. The van der Waals surface area contributed by atoms with Crippen LogP contribution >= 0.6 is 0 Å². The Morgan fingerprint density at radius 3 is 2.83 bits per heavy atom. The molecule has 2 aliphatic heterocycles. The fourth-order valence-electron chi connectivity index (χ4n) is 3.80. The van der Waals surface area contributed by atoms with Crippen molar-refractivity contribution in [3.05, 3.63) is 35.5 Å². The number of aromatic nitrogens is 1. The van der Waals surface area contributed by atoms with Crippen molar-refractivity contribution < 1.29 is 19.1 Å². The average molecular weight is 327 g/mol. The summed E-state index contributed by atoms with van der Waals surface area (Å²) >= 11 is 0. The van der Waals surface area contributed by atoms with E-state index in [0.29, 0.717) is 13.0 Å². The number of ether oxygens (including phenoxy) is 1. The lowest BCUT2D eigenvalue weighted by Gasteiger charge is -2.36. The number of para-hydroxylation sites is 1. The Hall–Kier alpha value is -2.83. The molecule has 7 heteroatoms. The molecule has 1 aromatic carbocycles. The molecule has 1 saturated heterocycles. The summed E-state index contributed by atoms with van der Waals surface area (Å²) < 4.78 is 4.60. The highest BCUT2D eigenvalue weighted by atomic mass is 16.5. The summed E-state index contributed by atoms with van der Waals surface area (Å²) in [6.07, 6.45) is 0.667. The van der Waals surface area contributed by atoms with Gasteiger partial charge in [0.1, 0.15) is 6.54 Å². The topological polar surface area (TPSA) is 82.7 Å². The van der Waals surface area contributed by atoms with Gasteiger partial charge < -0.3 is 14.6 Å². The number of imide groups is 1. The predicted molar refractivity (Wildman–Crippen MR) is 85.2 cm³/mol. The molecule has 4 rings (SSSR count). The molecule has 7 nitrogen and oxygen atoms in total. The molecule has 0 saturated carbocycles. The van der Waals surface area contributed by atoms with Gasteiger partial charge in [-0.25, -0.2) is 4.79 Å². The summed E-state index contributed by atoms with van der Waals surface area (Å²) in [5.74, 6) is -1.01. The smallest absolute Gasteiger partial charge is 0.328 e. The van der Waals surface area contributed by atoms with E-state index >= 15 is 0 Å².